The molecule has 0 atom stereocenters. The topological polar surface area (TPSA) is 61.4 Å². The summed E-state index contributed by atoms with van der Waals surface area (Å²) in [6, 6.07) is -0.244. The SMILES string of the molecule is O=C1CNC(=O)N1CC1CNC1. The van der Waals surface area contributed by atoms with Crippen LogP contribution in [0, 0.1) is 5.92 Å². The molecule has 0 aromatic heterocycles. The molecular formula is C7H11N3O2. The molecule has 66 valence electrons. The van der Waals surface area contributed by atoms with Crippen LogP contribution in [0.2, 0.25) is 0 Å². The van der Waals surface area contributed by atoms with Gasteiger partial charge in [0.05, 0.1) is 6.54 Å². The van der Waals surface area contributed by atoms with E-state index in [-0.39, 0.29) is 18.5 Å². The average Bonchev–Trinajstić information content (AvgIpc) is 2.25. The minimum atomic E-state index is -0.244. The van der Waals surface area contributed by atoms with Crippen LogP contribution in [-0.2, 0) is 4.79 Å². The first-order valence-electron chi connectivity index (χ1n) is 4.06. The second-order valence-corrected chi connectivity index (χ2v) is 3.19. The lowest BCUT2D eigenvalue weighted by atomic mass is 10.0. The molecule has 0 radical (unpaired) electrons. The van der Waals surface area contributed by atoms with Crippen LogP contribution in [-0.4, -0.2) is 43.0 Å². The fourth-order valence-electron chi connectivity index (χ4n) is 1.38. The predicted octanol–water partition coefficient (Wildman–Crippen LogP) is -1.24. The van der Waals surface area contributed by atoms with Gasteiger partial charge in [0.2, 0.25) is 5.91 Å². The highest BCUT2D eigenvalue weighted by Crippen LogP contribution is 2.08. The minimum absolute atomic E-state index is 0.105. The van der Waals surface area contributed by atoms with Gasteiger partial charge in [0.1, 0.15) is 0 Å². The lowest BCUT2D eigenvalue weighted by Crippen LogP contribution is -2.49. The van der Waals surface area contributed by atoms with Gasteiger partial charge >= 0.3 is 6.03 Å². The Bertz CT molecular complexity index is 209. The molecule has 5 heteroatoms. The number of amides is 3. The first kappa shape index (κ1) is 7.54. The monoisotopic (exact) mass is 169 g/mol. The van der Waals surface area contributed by atoms with E-state index in [1.807, 2.05) is 0 Å². The van der Waals surface area contributed by atoms with Gasteiger partial charge in [-0.1, -0.05) is 0 Å². The average molecular weight is 169 g/mol. The van der Waals surface area contributed by atoms with Crippen molar-refractivity contribution in [1.29, 1.82) is 0 Å². The molecule has 0 bridgehead atoms. The maximum atomic E-state index is 11.1. The van der Waals surface area contributed by atoms with E-state index >= 15 is 0 Å². The second kappa shape index (κ2) is 2.75. The lowest BCUT2D eigenvalue weighted by Gasteiger charge is -2.29. The molecule has 2 aliphatic heterocycles. The normalized spacial score (nSPS) is 24.2. The Morgan fingerprint density at radius 2 is 2.17 bits per heavy atom. The summed E-state index contributed by atoms with van der Waals surface area (Å²) in [5.41, 5.74) is 0. The predicted molar refractivity (Wildman–Crippen MR) is 41.5 cm³/mol. The van der Waals surface area contributed by atoms with Crippen molar-refractivity contribution in [2.75, 3.05) is 26.2 Å². The van der Waals surface area contributed by atoms with Crippen molar-refractivity contribution in [3.8, 4) is 0 Å². The van der Waals surface area contributed by atoms with Crippen molar-refractivity contribution in [1.82, 2.24) is 15.5 Å². The van der Waals surface area contributed by atoms with Gasteiger partial charge in [0.25, 0.3) is 0 Å². The number of nitrogens with one attached hydrogen (secondary N) is 2. The summed E-state index contributed by atoms with van der Waals surface area (Å²) in [5.74, 6) is 0.352. The van der Waals surface area contributed by atoms with E-state index in [9.17, 15) is 9.59 Å². The Morgan fingerprint density at radius 1 is 1.42 bits per heavy atom. The van der Waals surface area contributed by atoms with Crippen LogP contribution in [0.5, 0.6) is 0 Å². The number of imide groups is 1. The van der Waals surface area contributed by atoms with E-state index < -0.39 is 0 Å². The number of hydrogen-bond acceptors (Lipinski definition) is 3. The van der Waals surface area contributed by atoms with Crippen molar-refractivity contribution in [2.45, 2.75) is 0 Å². The molecule has 0 aromatic rings. The summed E-state index contributed by atoms with van der Waals surface area (Å²) in [6.07, 6.45) is 0. The summed E-state index contributed by atoms with van der Waals surface area (Å²) in [4.78, 5) is 23.4. The van der Waals surface area contributed by atoms with Gasteiger partial charge in [0, 0.05) is 25.6 Å². The summed E-state index contributed by atoms with van der Waals surface area (Å²) in [7, 11) is 0. The lowest BCUT2D eigenvalue weighted by molar-refractivity contribution is -0.125. The van der Waals surface area contributed by atoms with E-state index in [1.165, 1.54) is 4.90 Å². The van der Waals surface area contributed by atoms with Crippen LogP contribution in [0.3, 0.4) is 0 Å². The third-order valence-electron chi connectivity index (χ3n) is 2.24. The second-order valence-electron chi connectivity index (χ2n) is 3.19. The Hall–Kier alpha value is -1.10. The van der Waals surface area contributed by atoms with Crippen LogP contribution >= 0.6 is 0 Å². The van der Waals surface area contributed by atoms with Crippen LogP contribution in [0.15, 0.2) is 0 Å². The third kappa shape index (κ3) is 1.16. The van der Waals surface area contributed by atoms with Crippen LogP contribution in [0.25, 0.3) is 0 Å². The molecule has 2 N–H and O–H groups in total. The quantitative estimate of drug-likeness (QED) is 0.508. The molecular weight excluding hydrogens is 158 g/mol. The van der Waals surface area contributed by atoms with Crippen molar-refractivity contribution in [3.05, 3.63) is 0 Å². The van der Waals surface area contributed by atoms with Gasteiger partial charge < -0.3 is 10.6 Å². The van der Waals surface area contributed by atoms with Gasteiger partial charge in [-0.15, -0.1) is 0 Å². The first-order chi connectivity index (χ1) is 5.77. The molecule has 0 aliphatic carbocycles. The number of nitrogens with zero attached hydrogens (tertiary/aromatic N) is 1. The number of hydrogen-bond donors (Lipinski definition) is 2. The third-order valence-corrected chi connectivity index (χ3v) is 2.24. The molecule has 12 heavy (non-hydrogen) atoms. The molecule has 2 aliphatic rings. The smallest absolute Gasteiger partial charge is 0.324 e. The molecule has 0 spiro atoms. The molecule has 2 heterocycles. The standard InChI is InChI=1S/C7H11N3O2/c11-6-3-9-7(12)10(6)4-5-1-8-2-5/h5,8H,1-4H2,(H,9,12). The van der Waals surface area contributed by atoms with Crippen molar-refractivity contribution < 1.29 is 9.59 Å². The molecule has 0 saturated carbocycles. The highest BCUT2D eigenvalue weighted by atomic mass is 16.2. The van der Waals surface area contributed by atoms with Crippen molar-refractivity contribution in [2.24, 2.45) is 5.92 Å². The Labute approximate surface area is 70.1 Å². The maximum absolute atomic E-state index is 11.1. The number of carbonyl (C=O) groups is 2. The number of urea groups is 1. The van der Waals surface area contributed by atoms with E-state index in [0.717, 1.165) is 13.1 Å². The summed E-state index contributed by atoms with van der Waals surface area (Å²) in [6.45, 7) is 2.56. The van der Waals surface area contributed by atoms with E-state index in [1.54, 1.807) is 0 Å². The molecule has 2 rings (SSSR count). The van der Waals surface area contributed by atoms with E-state index in [2.05, 4.69) is 10.6 Å². The Morgan fingerprint density at radius 3 is 2.58 bits per heavy atom. The van der Waals surface area contributed by atoms with E-state index in [4.69, 9.17) is 0 Å². The zero-order valence-corrected chi connectivity index (χ0v) is 6.67. The summed E-state index contributed by atoms with van der Waals surface area (Å²) in [5, 5.41) is 5.59. The van der Waals surface area contributed by atoms with Crippen LogP contribution in [0.4, 0.5) is 4.79 Å². The molecule has 0 aromatic carbocycles. The first-order valence-corrected chi connectivity index (χ1v) is 4.06. The van der Waals surface area contributed by atoms with Gasteiger partial charge in [-0.25, -0.2) is 4.79 Å². The molecule has 5 nitrogen and oxygen atoms in total. The van der Waals surface area contributed by atoms with Gasteiger partial charge in [0.15, 0.2) is 0 Å². The zero-order chi connectivity index (χ0) is 8.55. The van der Waals surface area contributed by atoms with Gasteiger partial charge in [-0.3, -0.25) is 9.69 Å². The van der Waals surface area contributed by atoms with Crippen molar-refractivity contribution >= 4 is 11.9 Å². The van der Waals surface area contributed by atoms with Crippen molar-refractivity contribution in [3.63, 3.8) is 0 Å². The molecule has 0 unspecified atom stereocenters. The van der Waals surface area contributed by atoms with Gasteiger partial charge in [-0.05, 0) is 0 Å². The fraction of sp³-hybridized carbons (Fsp3) is 0.714. The molecule has 2 saturated heterocycles. The van der Waals surface area contributed by atoms with Crippen LogP contribution < -0.4 is 10.6 Å². The summed E-state index contributed by atoms with van der Waals surface area (Å²) < 4.78 is 0. The number of carbonyl (C=O) groups excluding carboxylic acids is 2. The summed E-state index contributed by atoms with van der Waals surface area (Å²) >= 11 is 0. The minimum Gasteiger partial charge on any atom is -0.329 e. The molecule has 3 amide bonds. The van der Waals surface area contributed by atoms with E-state index in [0.29, 0.717) is 12.5 Å². The zero-order valence-electron chi connectivity index (χ0n) is 6.67. The fourth-order valence-corrected chi connectivity index (χ4v) is 1.38. The number of rotatable bonds is 2. The maximum Gasteiger partial charge on any atom is 0.324 e. The Balaban J connectivity index is 1.92. The van der Waals surface area contributed by atoms with Gasteiger partial charge in [-0.2, -0.15) is 0 Å². The Kier molecular flexibility index (Phi) is 1.73. The highest BCUT2D eigenvalue weighted by Gasteiger charge is 2.31. The van der Waals surface area contributed by atoms with Crippen LogP contribution in [0.1, 0.15) is 0 Å². The highest BCUT2D eigenvalue weighted by molar-refractivity contribution is 6.01. The largest absolute Gasteiger partial charge is 0.329 e. The molecule has 2 fully saturated rings.